The number of methoxy groups -OCH3 is 1. The molecule has 26 heavy (non-hydrogen) atoms. The summed E-state index contributed by atoms with van der Waals surface area (Å²) < 4.78 is 6.53. The van der Waals surface area contributed by atoms with E-state index in [0.717, 1.165) is 51.5 Å². The Balaban J connectivity index is 1.76. The molecule has 0 spiro atoms. The van der Waals surface area contributed by atoms with Gasteiger partial charge in [0.25, 0.3) is 0 Å². The average molecular weight is 367 g/mol. The number of hydrogen-bond acceptors (Lipinski definition) is 5. The summed E-state index contributed by atoms with van der Waals surface area (Å²) in [5, 5.41) is 0.730. The molecule has 0 aliphatic heterocycles. The van der Waals surface area contributed by atoms with Gasteiger partial charge in [0, 0.05) is 18.3 Å². The average Bonchev–Trinajstić information content (AvgIpc) is 3.05. The van der Waals surface area contributed by atoms with Gasteiger partial charge in [-0.25, -0.2) is 4.98 Å². The molecule has 1 aliphatic rings. The molecule has 134 valence electrons. The number of carbonyl (C=O) groups excluding carboxylic acids is 1. The number of aryl methyl sites for hydroxylation is 1. The first-order valence-corrected chi connectivity index (χ1v) is 9.63. The quantitative estimate of drug-likeness (QED) is 0.673. The Kier molecular flexibility index (Phi) is 4.59. The van der Waals surface area contributed by atoms with Crippen LogP contribution in [0.25, 0.3) is 10.2 Å². The van der Waals surface area contributed by atoms with Gasteiger partial charge in [-0.3, -0.25) is 14.7 Å². The summed E-state index contributed by atoms with van der Waals surface area (Å²) in [5.41, 5.74) is 2.97. The summed E-state index contributed by atoms with van der Waals surface area (Å²) >= 11 is 1.55. The standard InChI is InChI=1S/C20H21N3O2S/c1-13-8-9-16(25-2)17-18(13)26-20(22-17)23(19(24)15-6-3-7-15)12-14-5-4-10-21-11-14/h4-5,8-11,15H,3,6-7,12H2,1-2H3. The predicted molar refractivity (Wildman–Crippen MR) is 104 cm³/mol. The Morgan fingerprint density at radius 3 is 2.85 bits per heavy atom. The van der Waals surface area contributed by atoms with Crippen molar-refractivity contribution in [2.75, 3.05) is 12.0 Å². The van der Waals surface area contributed by atoms with Gasteiger partial charge in [0.15, 0.2) is 5.13 Å². The van der Waals surface area contributed by atoms with Crippen molar-refractivity contribution >= 4 is 32.6 Å². The topological polar surface area (TPSA) is 55.3 Å². The number of rotatable bonds is 5. The van der Waals surface area contributed by atoms with Crippen molar-refractivity contribution in [1.82, 2.24) is 9.97 Å². The van der Waals surface area contributed by atoms with Gasteiger partial charge in [0.1, 0.15) is 11.3 Å². The van der Waals surface area contributed by atoms with E-state index in [1.54, 1.807) is 30.8 Å². The molecule has 2 heterocycles. The van der Waals surface area contributed by atoms with Crippen LogP contribution in [0, 0.1) is 12.8 Å². The molecule has 1 aromatic carbocycles. The van der Waals surface area contributed by atoms with E-state index in [9.17, 15) is 4.79 Å². The minimum absolute atomic E-state index is 0.113. The fourth-order valence-corrected chi connectivity index (χ4v) is 4.22. The lowest BCUT2D eigenvalue weighted by atomic mass is 9.84. The lowest BCUT2D eigenvalue weighted by Gasteiger charge is -2.30. The Hall–Kier alpha value is -2.47. The minimum Gasteiger partial charge on any atom is -0.494 e. The molecule has 0 radical (unpaired) electrons. The number of hydrogen-bond donors (Lipinski definition) is 0. The summed E-state index contributed by atoms with van der Waals surface area (Å²) in [6.07, 6.45) is 6.61. The molecular formula is C20H21N3O2S. The highest BCUT2D eigenvalue weighted by Crippen LogP contribution is 2.38. The summed E-state index contributed by atoms with van der Waals surface area (Å²) in [6.45, 7) is 2.55. The molecule has 3 aromatic rings. The summed E-state index contributed by atoms with van der Waals surface area (Å²) in [6, 6.07) is 7.85. The molecule has 0 saturated heterocycles. The van der Waals surface area contributed by atoms with Crippen LogP contribution in [0.1, 0.15) is 30.4 Å². The molecule has 1 amide bonds. The van der Waals surface area contributed by atoms with Gasteiger partial charge in [-0.05, 0) is 43.0 Å². The third kappa shape index (κ3) is 3.05. The molecular weight excluding hydrogens is 346 g/mol. The van der Waals surface area contributed by atoms with E-state index in [1.807, 2.05) is 29.2 Å². The van der Waals surface area contributed by atoms with Crippen LogP contribution in [0.3, 0.4) is 0 Å². The van der Waals surface area contributed by atoms with Gasteiger partial charge >= 0.3 is 0 Å². The monoisotopic (exact) mass is 367 g/mol. The zero-order chi connectivity index (χ0) is 18.1. The van der Waals surface area contributed by atoms with Crippen LogP contribution in [-0.4, -0.2) is 23.0 Å². The summed E-state index contributed by atoms with van der Waals surface area (Å²) in [7, 11) is 1.65. The van der Waals surface area contributed by atoms with Crippen LogP contribution in [0.5, 0.6) is 5.75 Å². The van der Waals surface area contributed by atoms with Crippen LogP contribution in [0.15, 0.2) is 36.7 Å². The van der Waals surface area contributed by atoms with E-state index < -0.39 is 0 Å². The zero-order valence-electron chi connectivity index (χ0n) is 14.9. The second kappa shape index (κ2) is 7.03. The molecule has 5 nitrogen and oxygen atoms in total. The van der Waals surface area contributed by atoms with Crippen molar-refractivity contribution in [3.63, 3.8) is 0 Å². The number of thiazole rings is 1. The summed E-state index contributed by atoms with van der Waals surface area (Å²) in [4.78, 5) is 23.9. The van der Waals surface area contributed by atoms with Crippen LogP contribution >= 0.6 is 11.3 Å². The molecule has 2 aromatic heterocycles. The molecule has 0 bridgehead atoms. The van der Waals surface area contributed by atoms with Crippen molar-refractivity contribution in [3.8, 4) is 5.75 Å². The molecule has 4 rings (SSSR count). The largest absolute Gasteiger partial charge is 0.494 e. The fraction of sp³-hybridized carbons (Fsp3) is 0.350. The van der Waals surface area contributed by atoms with Crippen molar-refractivity contribution in [3.05, 3.63) is 47.8 Å². The van der Waals surface area contributed by atoms with E-state index in [2.05, 4.69) is 11.9 Å². The van der Waals surface area contributed by atoms with Gasteiger partial charge in [0.05, 0.1) is 18.4 Å². The van der Waals surface area contributed by atoms with Gasteiger partial charge in [0.2, 0.25) is 5.91 Å². The predicted octanol–water partition coefficient (Wildman–Crippen LogP) is 4.34. The highest BCUT2D eigenvalue weighted by molar-refractivity contribution is 7.22. The van der Waals surface area contributed by atoms with E-state index in [1.165, 1.54) is 0 Å². The number of fused-ring (bicyclic) bond motifs is 1. The van der Waals surface area contributed by atoms with Gasteiger partial charge in [-0.2, -0.15) is 0 Å². The first-order valence-electron chi connectivity index (χ1n) is 8.82. The number of amides is 1. The zero-order valence-corrected chi connectivity index (χ0v) is 15.8. The van der Waals surface area contributed by atoms with Crippen LogP contribution < -0.4 is 9.64 Å². The molecule has 0 N–H and O–H groups in total. The second-order valence-electron chi connectivity index (χ2n) is 6.67. The Bertz CT molecular complexity index is 935. The Morgan fingerprint density at radius 2 is 2.19 bits per heavy atom. The number of anilines is 1. The van der Waals surface area contributed by atoms with Crippen molar-refractivity contribution in [2.24, 2.45) is 5.92 Å². The maximum Gasteiger partial charge on any atom is 0.232 e. The van der Waals surface area contributed by atoms with Crippen molar-refractivity contribution in [1.29, 1.82) is 0 Å². The number of pyridine rings is 1. The maximum atomic E-state index is 13.1. The molecule has 0 atom stereocenters. The first kappa shape index (κ1) is 17.0. The third-order valence-electron chi connectivity index (χ3n) is 4.93. The lowest BCUT2D eigenvalue weighted by Crippen LogP contribution is -2.38. The normalized spacial score (nSPS) is 14.2. The fourth-order valence-electron chi connectivity index (χ4n) is 3.17. The number of aromatic nitrogens is 2. The molecule has 1 saturated carbocycles. The first-order chi connectivity index (χ1) is 12.7. The van der Waals surface area contributed by atoms with Crippen LogP contribution in [-0.2, 0) is 11.3 Å². The van der Waals surface area contributed by atoms with Gasteiger partial charge in [-0.1, -0.05) is 29.9 Å². The summed E-state index contributed by atoms with van der Waals surface area (Å²) in [5.74, 6) is 1.02. The minimum atomic E-state index is 0.113. The van der Waals surface area contributed by atoms with E-state index in [4.69, 9.17) is 9.72 Å². The van der Waals surface area contributed by atoms with Gasteiger partial charge in [-0.15, -0.1) is 0 Å². The highest BCUT2D eigenvalue weighted by atomic mass is 32.1. The number of benzene rings is 1. The van der Waals surface area contributed by atoms with Crippen molar-refractivity contribution in [2.45, 2.75) is 32.7 Å². The van der Waals surface area contributed by atoms with E-state index in [-0.39, 0.29) is 11.8 Å². The van der Waals surface area contributed by atoms with Crippen molar-refractivity contribution < 1.29 is 9.53 Å². The van der Waals surface area contributed by atoms with E-state index in [0.29, 0.717) is 6.54 Å². The SMILES string of the molecule is COc1ccc(C)c2sc(N(Cc3cccnc3)C(=O)C3CCC3)nc12. The Morgan fingerprint density at radius 1 is 1.35 bits per heavy atom. The lowest BCUT2D eigenvalue weighted by molar-refractivity contribution is -0.124. The van der Waals surface area contributed by atoms with Crippen LogP contribution in [0.4, 0.5) is 5.13 Å². The molecule has 0 unspecified atom stereocenters. The molecule has 6 heteroatoms. The smallest absolute Gasteiger partial charge is 0.232 e. The molecule has 1 fully saturated rings. The highest BCUT2D eigenvalue weighted by Gasteiger charge is 2.32. The van der Waals surface area contributed by atoms with E-state index >= 15 is 0 Å². The molecule has 1 aliphatic carbocycles. The number of carbonyl (C=O) groups is 1. The van der Waals surface area contributed by atoms with Gasteiger partial charge < -0.3 is 4.74 Å². The second-order valence-corrected chi connectivity index (χ2v) is 7.65. The number of nitrogens with zero attached hydrogens (tertiary/aromatic N) is 3. The Labute approximate surface area is 156 Å². The number of ether oxygens (including phenoxy) is 1. The van der Waals surface area contributed by atoms with Crippen LogP contribution in [0.2, 0.25) is 0 Å². The maximum absolute atomic E-state index is 13.1. The third-order valence-corrected chi connectivity index (χ3v) is 6.14.